The average Bonchev–Trinajstić information content (AvgIpc) is 0.758. The Kier molecular flexibility index (Phi) is 50.3. The molecule has 0 fully saturated rings. The Morgan fingerprint density at radius 3 is 0.327 bits per heavy atom. The van der Waals surface area contributed by atoms with Crippen molar-refractivity contribution < 1.29 is 0 Å². The van der Waals surface area contributed by atoms with Crippen LogP contribution in [0.4, 0.5) is 0 Å². The van der Waals surface area contributed by atoms with Crippen LogP contribution in [0.2, 0.25) is 0 Å². The highest BCUT2D eigenvalue weighted by molar-refractivity contribution is 5.81. The van der Waals surface area contributed by atoms with E-state index in [4.69, 9.17) is 0 Å². The summed E-state index contributed by atoms with van der Waals surface area (Å²) in [5, 5.41) is 0. The summed E-state index contributed by atoms with van der Waals surface area (Å²) in [6.45, 7) is 13.7. The summed E-state index contributed by atoms with van der Waals surface area (Å²) in [7, 11) is 0. The third-order valence-electron chi connectivity index (χ3n) is 28.6. The van der Waals surface area contributed by atoms with Gasteiger partial charge in [0, 0.05) is 33.4 Å². The molecule has 762 valence electrons. The van der Waals surface area contributed by atoms with Gasteiger partial charge in [-0.1, -0.05) is 597 Å². The molecule has 0 nitrogen and oxygen atoms in total. The second kappa shape index (κ2) is 66.9. The van der Waals surface area contributed by atoms with Crippen molar-refractivity contribution in [2.45, 2.75) is 311 Å². The van der Waals surface area contributed by atoms with Crippen LogP contribution in [0.15, 0.2) is 291 Å². The van der Waals surface area contributed by atoms with Gasteiger partial charge in [0.15, 0.2) is 0 Å². The minimum absolute atomic E-state index is 0.601. The molecular weight excluding hydrogens is 1800 g/mol. The van der Waals surface area contributed by atoms with Gasteiger partial charge in [0.25, 0.3) is 0 Å². The molecule has 13 aromatic carbocycles. The van der Waals surface area contributed by atoms with E-state index >= 15 is 0 Å². The SMILES string of the molecule is CCCCCCCCc1ccc(/C=C/c2ccc(C#Cc3c(C#Cc4ccc(/C=C/c5ccc(CCCCCCCC)cc5)cc4)c(C#Cc4ccc(/C=C/c5ccc(CCCCCCCC)cc5)cc4)c(C#Cc4ccc(/C=C/c5ccc(CCCCCCCC)cc5)cc4)c(C#Cc4ccc(/C=C/c5ccc(CCCCCCCC)cc5)cc4)c3C#Cc3ccc(/C=C/c4ccc(CCCCCCCC)cc4)cc3)cc2)cc1. The number of rotatable bonds is 54. The van der Waals surface area contributed by atoms with Crippen molar-refractivity contribution in [2.24, 2.45) is 0 Å². The van der Waals surface area contributed by atoms with Crippen molar-refractivity contribution in [1.82, 2.24) is 0 Å². The van der Waals surface area contributed by atoms with Gasteiger partial charge in [0.1, 0.15) is 0 Å². The van der Waals surface area contributed by atoms with Gasteiger partial charge in [0.2, 0.25) is 0 Å². The van der Waals surface area contributed by atoms with E-state index in [-0.39, 0.29) is 0 Å². The van der Waals surface area contributed by atoms with Crippen LogP contribution in [-0.2, 0) is 38.5 Å². The van der Waals surface area contributed by atoms with Gasteiger partial charge >= 0.3 is 0 Å². The molecule has 0 saturated heterocycles. The summed E-state index contributed by atoms with van der Waals surface area (Å²) in [5.41, 5.74) is 30.4. The van der Waals surface area contributed by atoms with Gasteiger partial charge in [-0.25, -0.2) is 0 Å². The Hall–Kier alpha value is -14.3. The molecule has 0 heteroatoms. The third kappa shape index (κ3) is 41.6. The maximum Gasteiger partial charge on any atom is 0.0588 e. The highest BCUT2D eigenvalue weighted by Crippen LogP contribution is 2.31. The Balaban J connectivity index is 0.961. The fourth-order valence-corrected chi connectivity index (χ4v) is 19.0. The maximum absolute atomic E-state index is 3.85. The first kappa shape index (κ1) is 113. The lowest BCUT2D eigenvalue weighted by Gasteiger charge is -2.13. The van der Waals surface area contributed by atoms with Crippen LogP contribution < -0.4 is 0 Å². The minimum atomic E-state index is 0.601. The van der Waals surface area contributed by atoms with Crippen molar-refractivity contribution in [3.63, 3.8) is 0 Å². The molecule has 0 atom stereocenters. The maximum atomic E-state index is 3.85. The first-order valence-corrected chi connectivity index (χ1v) is 57.7. The van der Waals surface area contributed by atoms with Crippen molar-refractivity contribution in [1.29, 1.82) is 0 Å². The quantitative estimate of drug-likeness (QED) is 0.0202. The lowest BCUT2D eigenvalue weighted by molar-refractivity contribution is 0.607. The predicted molar refractivity (Wildman–Crippen MR) is 656 cm³/mol. The molecule has 0 aromatic heterocycles. The number of benzene rings is 13. The predicted octanol–water partition coefficient (Wildman–Crippen LogP) is 40.5. The van der Waals surface area contributed by atoms with Crippen LogP contribution >= 0.6 is 0 Å². The number of hydrogen-bond acceptors (Lipinski definition) is 0. The van der Waals surface area contributed by atoms with E-state index in [0.29, 0.717) is 33.4 Å². The number of aryl methyl sites for hydroxylation is 6. The summed E-state index contributed by atoms with van der Waals surface area (Å²) in [5.74, 6) is 45.5. The molecule has 0 amide bonds. The number of unbranched alkanes of at least 4 members (excludes halogenated alkanes) is 30. The van der Waals surface area contributed by atoms with Gasteiger partial charge in [0.05, 0.1) is 33.4 Å². The Labute approximate surface area is 906 Å². The van der Waals surface area contributed by atoms with Gasteiger partial charge in [-0.05, 0) is 250 Å². The first-order valence-electron chi connectivity index (χ1n) is 57.7. The molecule has 0 spiro atoms. The van der Waals surface area contributed by atoms with Crippen molar-refractivity contribution in [3.8, 4) is 71.0 Å². The monoisotopic (exact) mass is 1960 g/mol. The second-order valence-electron chi connectivity index (χ2n) is 41.0. The zero-order valence-corrected chi connectivity index (χ0v) is 91.3. The third-order valence-corrected chi connectivity index (χ3v) is 28.6. The molecule has 0 heterocycles. The molecule has 0 radical (unpaired) electrons. The average molecular weight is 1960 g/mol. The highest BCUT2D eigenvalue weighted by Gasteiger charge is 2.22. The highest BCUT2D eigenvalue weighted by atomic mass is 14.2. The van der Waals surface area contributed by atoms with Crippen molar-refractivity contribution >= 4 is 72.9 Å². The van der Waals surface area contributed by atoms with E-state index in [2.05, 4.69) is 477 Å². The van der Waals surface area contributed by atoms with E-state index in [1.807, 2.05) is 0 Å². The van der Waals surface area contributed by atoms with Crippen LogP contribution in [0, 0.1) is 71.0 Å². The van der Waals surface area contributed by atoms with Crippen molar-refractivity contribution in [3.05, 3.63) is 458 Å². The molecule has 0 N–H and O–H groups in total. The topological polar surface area (TPSA) is 0 Å². The van der Waals surface area contributed by atoms with Crippen molar-refractivity contribution in [2.75, 3.05) is 0 Å². The fourth-order valence-electron chi connectivity index (χ4n) is 19.0. The van der Waals surface area contributed by atoms with Gasteiger partial charge in [-0.2, -0.15) is 0 Å². The summed E-state index contributed by atoms with van der Waals surface area (Å²) in [4.78, 5) is 0. The normalized spacial score (nSPS) is 11.2. The Morgan fingerprint density at radius 1 is 0.113 bits per heavy atom. The summed E-state index contributed by atoms with van der Waals surface area (Å²) in [6.07, 6.45) is 79.6. The molecule has 0 aliphatic heterocycles. The Bertz CT molecular complexity index is 5700. The molecular formula is C150H162. The summed E-state index contributed by atoms with van der Waals surface area (Å²) >= 11 is 0. The summed E-state index contributed by atoms with van der Waals surface area (Å²) in [6, 6.07) is 106. The van der Waals surface area contributed by atoms with Crippen LogP contribution in [0.1, 0.15) is 440 Å². The molecule has 13 aromatic rings. The molecule has 0 unspecified atom stereocenters. The smallest absolute Gasteiger partial charge is 0.0588 e. The molecule has 0 saturated carbocycles. The largest absolute Gasteiger partial charge is 0.0654 e. The minimum Gasteiger partial charge on any atom is -0.0654 e. The zero-order valence-electron chi connectivity index (χ0n) is 91.3. The van der Waals surface area contributed by atoms with Gasteiger partial charge in [-0.15, -0.1) is 0 Å². The molecule has 13 rings (SSSR count). The molecule has 0 aliphatic carbocycles. The fraction of sp³-hybridized carbons (Fsp3) is 0.320. The van der Waals surface area contributed by atoms with Crippen LogP contribution in [0.3, 0.4) is 0 Å². The van der Waals surface area contributed by atoms with E-state index in [1.165, 1.54) is 298 Å². The zero-order chi connectivity index (χ0) is 104. The number of hydrogen-bond donors (Lipinski definition) is 0. The van der Waals surface area contributed by atoms with Crippen LogP contribution in [-0.4, -0.2) is 0 Å². The summed E-state index contributed by atoms with van der Waals surface area (Å²) < 4.78 is 0. The standard InChI is InChI=1S/C150H162/c1-7-13-19-25-31-37-43-121-49-61-127(62-50-121)73-79-133-85-97-139(98-86-133)109-115-145-146(116-110-140-99-87-134(88-100-140)80-74-128-63-51-122(52-64-128)44-38-32-26-20-14-8-2)148(118-112-142-103-91-136(92-104-142)82-76-130-67-55-124(56-68-130)46-40-34-28-22-16-10-4)150(120-114-144-107-95-138(96-108-144)84-78-132-71-59-126(60-72-132)48-42-36-30-24-18-12-6)149(119-113-143-105-93-137(94-106-143)83-77-131-69-57-125(58-70-131)47-41-35-29-23-17-11-5)147(145)117-111-141-101-89-135(90-102-141)81-75-129-65-53-123(54-66-129)45-39-33-27-21-15-9-3/h49-108H,7-48H2,1-6H3/b79-73+,80-74+,81-75+,82-76+,83-77+,84-78+. The lowest BCUT2D eigenvalue weighted by Crippen LogP contribution is -2.05. The molecule has 0 bridgehead atoms. The molecule has 150 heavy (non-hydrogen) atoms. The van der Waals surface area contributed by atoms with Gasteiger partial charge < -0.3 is 0 Å². The second-order valence-corrected chi connectivity index (χ2v) is 41.0. The Morgan fingerprint density at radius 2 is 0.213 bits per heavy atom. The first-order chi connectivity index (χ1) is 74.1. The van der Waals surface area contributed by atoms with E-state index in [9.17, 15) is 0 Å². The van der Waals surface area contributed by atoms with Gasteiger partial charge in [-0.3, -0.25) is 0 Å². The van der Waals surface area contributed by atoms with Crippen LogP contribution in [0.25, 0.3) is 72.9 Å². The van der Waals surface area contributed by atoms with E-state index in [1.54, 1.807) is 0 Å². The van der Waals surface area contributed by atoms with Crippen LogP contribution in [0.5, 0.6) is 0 Å². The lowest BCUT2D eigenvalue weighted by atomic mass is 9.86. The van der Waals surface area contributed by atoms with E-state index < -0.39 is 0 Å². The molecule has 0 aliphatic rings. The van der Waals surface area contributed by atoms with E-state index in [0.717, 1.165) is 105 Å².